The van der Waals surface area contributed by atoms with E-state index in [9.17, 15) is 9.90 Å². The third-order valence-corrected chi connectivity index (χ3v) is 5.99. The summed E-state index contributed by atoms with van der Waals surface area (Å²) in [5.41, 5.74) is 0. The van der Waals surface area contributed by atoms with Gasteiger partial charge in [-0.05, 0) is 55.8 Å². The van der Waals surface area contributed by atoms with E-state index in [0.717, 1.165) is 18.9 Å². The topological polar surface area (TPSA) is 40.5 Å². The normalized spacial score (nSPS) is 47.3. The highest BCUT2D eigenvalue weighted by Crippen LogP contribution is 2.45. The molecule has 6 unspecified atom stereocenters. The zero-order valence-corrected chi connectivity index (χ0v) is 12.2. The van der Waals surface area contributed by atoms with Gasteiger partial charge in [-0.2, -0.15) is 0 Å². The monoisotopic (exact) mass is 265 g/mol. The summed E-state index contributed by atoms with van der Waals surface area (Å²) in [4.78, 5) is 14.1. The van der Waals surface area contributed by atoms with Crippen LogP contribution >= 0.6 is 0 Å². The molecule has 0 aromatic carbocycles. The van der Waals surface area contributed by atoms with Gasteiger partial charge in [0.15, 0.2) is 0 Å². The molecule has 3 heteroatoms. The number of likely N-dealkylation sites (tertiary alicyclic amines) is 1. The predicted molar refractivity (Wildman–Crippen MR) is 74.9 cm³/mol. The van der Waals surface area contributed by atoms with Crippen molar-refractivity contribution in [3.63, 3.8) is 0 Å². The Morgan fingerprint density at radius 3 is 2.63 bits per heavy atom. The van der Waals surface area contributed by atoms with Crippen LogP contribution in [-0.2, 0) is 4.79 Å². The Morgan fingerprint density at radius 1 is 1.16 bits per heavy atom. The van der Waals surface area contributed by atoms with E-state index in [1.165, 1.54) is 32.1 Å². The Kier molecular flexibility index (Phi) is 3.59. The summed E-state index contributed by atoms with van der Waals surface area (Å²) >= 11 is 0. The summed E-state index contributed by atoms with van der Waals surface area (Å²) < 4.78 is 0. The van der Waals surface area contributed by atoms with Crippen molar-refractivity contribution in [1.29, 1.82) is 0 Å². The van der Waals surface area contributed by atoms with Crippen molar-refractivity contribution in [3.8, 4) is 0 Å². The van der Waals surface area contributed by atoms with Crippen LogP contribution in [0.25, 0.3) is 0 Å². The van der Waals surface area contributed by atoms with E-state index < -0.39 is 5.97 Å². The fourth-order valence-corrected chi connectivity index (χ4v) is 5.15. The summed E-state index contributed by atoms with van der Waals surface area (Å²) in [6.07, 6.45) is 7.36. The second-order valence-corrected chi connectivity index (χ2v) is 7.30. The molecule has 3 nitrogen and oxygen atoms in total. The molecule has 6 atom stereocenters. The molecule has 3 fully saturated rings. The second-order valence-electron chi connectivity index (χ2n) is 7.30. The van der Waals surface area contributed by atoms with Crippen LogP contribution in [0.4, 0.5) is 0 Å². The molecule has 0 spiro atoms. The lowest BCUT2D eigenvalue weighted by molar-refractivity contribution is -0.145. The fourth-order valence-electron chi connectivity index (χ4n) is 5.15. The highest BCUT2D eigenvalue weighted by molar-refractivity contribution is 5.74. The van der Waals surface area contributed by atoms with E-state index >= 15 is 0 Å². The van der Waals surface area contributed by atoms with Gasteiger partial charge >= 0.3 is 5.97 Å². The van der Waals surface area contributed by atoms with Gasteiger partial charge in [0.25, 0.3) is 0 Å². The van der Waals surface area contributed by atoms with Crippen LogP contribution < -0.4 is 0 Å². The Labute approximate surface area is 116 Å². The average Bonchev–Trinajstić information content (AvgIpc) is 2.87. The molecule has 0 aromatic heterocycles. The minimum Gasteiger partial charge on any atom is -0.480 e. The SMILES string of the molecule is CC1CCC(N2CC3CCCC3C2C(=O)O)C(C)C1. The largest absolute Gasteiger partial charge is 0.480 e. The van der Waals surface area contributed by atoms with E-state index in [0.29, 0.717) is 23.8 Å². The zero-order valence-electron chi connectivity index (χ0n) is 12.2. The number of hydrogen-bond acceptors (Lipinski definition) is 2. The van der Waals surface area contributed by atoms with Gasteiger partial charge in [-0.3, -0.25) is 9.69 Å². The van der Waals surface area contributed by atoms with E-state index in [1.54, 1.807) is 0 Å². The average molecular weight is 265 g/mol. The van der Waals surface area contributed by atoms with Gasteiger partial charge in [-0.15, -0.1) is 0 Å². The summed E-state index contributed by atoms with van der Waals surface area (Å²) in [6.45, 7) is 5.71. The van der Waals surface area contributed by atoms with Crippen molar-refractivity contribution in [2.24, 2.45) is 23.7 Å². The first-order valence-corrected chi connectivity index (χ1v) is 8.06. The highest BCUT2D eigenvalue weighted by Gasteiger charge is 2.50. The standard InChI is InChI=1S/C16H27NO2/c1-10-6-7-14(11(2)8-10)17-9-12-4-3-5-13(12)15(17)16(18)19/h10-15H,3-9H2,1-2H3,(H,18,19). The highest BCUT2D eigenvalue weighted by atomic mass is 16.4. The fraction of sp³-hybridized carbons (Fsp3) is 0.938. The number of carbonyl (C=O) groups is 1. The van der Waals surface area contributed by atoms with Crippen molar-refractivity contribution in [2.45, 2.75) is 64.5 Å². The van der Waals surface area contributed by atoms with Crippen molar-refractivity contribution in [1.82, 2.24) is 4.90 Å². The minimum atomic E-state index is -0.569. The number of aliphatic carboxylic acids is 1. The molecule has 1 N–H and O–H groups in total. The molecule has 0 amide bonds. The van der Waals surface area contributed by atoms with Gasteiger partial charge in [-0.25, -0.2) is 0 Å². The molecule has 19 heavy (non-hydrogen) atoms. The lowest BCUT2D eigenvalue weighted by atomic mass is 9.78. The Bertz CT molecular complexity index is 357. The van der Waals surface area contributed by atoms with Crippen molar-refractivity contribution < 1.29 is 9.90 Å². The maximum Gasteiger partial charge on any atom is 0.321 e. The predicted octanol–water partition coefficient (Wildman–Crippen LogP) is 3.00. The molecule has 1 heterocycles. The van der Waals surface area contributed by atoms with Gasteiger partial charge in [0.1, 0.15) is 6.04 Å². The Hall–Kier alpha value is -0.570. The molecular formula is C16H27NO2. The van der Waals surface area contributed by atoms with Crippen molar-refractivity contribution in [2.75, 3.05) is 6.54 Å². The summed E-state index contributed by atoms with van der Waals surface area (Å²) in [6, 6.07) is 0.330. The number of carboxylic acids is 1. The maximum atomic E-state index is 11.7. The number of carboxylic acid groups (broad SMARTS) is 1. The number of fused-ring (bicyclic) bond motifs is 1. The lowest BCUT2D eigenvalue weighted by Crippen LogP contribution is -2.49. The molecule has 0 aromatic rings. The minimum absolute atomic E-state index is 0.187. The first kappa shape index (κ1) is 13.4. The zero-order chi connectivity index (χ0) is 13.6. The Morgan fingerprint density at radius 2 is 1.95 bits per heavy atom. The van der Waals surface area contributed by atoms with Crippen LogP contribution in [0.1, 0.15) is 52.4 Å². The molecule has 3 rings (SSSR count). The molecular weight excluding hydrogens is 238 g/mol. The molecule has 1 saturated heterocycles. The van der Waals surface area contributed by atoms with E-state index in [2.05, 4.69) is 18.7 Å². The summed E-state index contributed by atoms with van der Waals surface area (Å²) in [7, 11) is 0. The molecule has 1 aliphatic heterocycles. The maximum absolute atomic E-state index is 11.7. The number of nitrogens with zero attached hydrogens (tertiary/aromatic N) is 1. The van der Waals surface area contributed by atoms with Gasteiger partial charge in [0, 0.05) is 12.6 Å². The van der Waals surface area contributed by atoms with Crippen molar-refractivity contribution >= 4 is 5.97 Å². The number of rotatable bonds is 2. The number of hydrogen-bond donors (Lipinski definition) is 1. The molecule has 0 radical (unpaired) electrons. The third-order valence-electron chi connectivity index (χ3n) is 5.99. The van der Waals surface area contributed by atoms with Gasteiger partial charge in [-0.1, -0.05) is 20.3 Å². The van der Waals surface area contributed by atoms with E-state index in [-0.39, 0.29) is 6.04 Å². The first-order valence-electron chi connectivity index (χ1n) is 8.06. The smallest absolute Gasteiger partial charge is 0.321 e. The first-order chi connectivity index (χ1) is 9.08. The van der Waals surface area contributed by atoms with Crippen LogP contribution in [-0.4, -0.2) is 34.6 Å². The van der Waals surface area contributed by atoms with Crippen molar-refractivity contribution in [3.05, 3.63) is 0 Å². The van der Waals surface area contributed by atoms with Crippen LogP contribution in [0.3, 0.4) is 0 Å². The van der Waals surface area contributed by atoms with E-state index in [4.69, 9.17) is 0 Å². The summed E-state index contributed by atoms with van der Waals surface area (Å²) in [5, 5.41) is 9.66. The molecule has 3 aliphatic rings. The van der Waals surface area contributed by atoms with Crippen LogP contribution in [0, 0.1) is 23.7 Å². The Balaban J connectivity index is 1.77. The van der Waals surface area contributed by atoms with Crippen LogP contribution in [0.15, 0.2) is 0 Å². The van der Waals surface area contributed by atoms with Gasteiger partial charge in [0.2, 0.25) is 0 Å². The quantitative estimate of drug-likeness (QED) is 0.834. The van der Waals surface area contributed by atoms with Crippen LogP contribution in [0.2, 0.25) is 0 Å². The summed E-state index contributed by atoms with van der Waals surface area (Å²) in [5.74, 6) is 2.00. The second kappa shape index (κ2) is 5.08. The molecule has 108 valence electrons. The lowest BCUT2D eigenvalue weighted by Gasteiger charge is -2.41. The molecule has 0 bridgehead atoms. The third kappa shape index (κ3) is 2.31. The molecule has 2 aliphatic carbocycles. The van der Waals surface area contributed by atoms with Crippen LogP contribution in [0.5, 0.6) is 0 Å². The van der Waals surface area contributed by atoms with Gasteiger partial charge < -0.3 is 5.11 Å². The molecule has 2 saturated carbocycles. The van der Waals surface area contributed by atoms with Gasteiger partial charge in [0.05, 0.1) is 0 Å². The van der Waals surface area contributed by atoms with E-state index in [1.807, 2.05) is 0 Å².